The number of nitrogens with zero attached hydrogens (tertiary/aromatic N) is 1. The number of carbonyl (C=O) groups is 1. The van der Waals surface area contributed by atoms with E-state index < -0.39 is 0 Å². The number of hydrogen-bond donors (Lipinski definition) is 0. The Labute approximate surface area is 166 Å². The van der Waals surface area contributed by atoms with Crippen LogP contribution in [0, 0.1) is 5.82 Å². The van der Waals surface area contributed by atoms with E-state index in [-0.39, 0.29) is 23.6 Å². The second-order valence-corrected chi connectivity index (χ2v) is 7.40. The Bertz CT molecular complexity index is 806. The number of hydrogen-bond acceptors (Lipinski definition) is 4. The van der Waals surface area contributed by atoms with Gasteiger partial charge in [0.25, 0.3) is 0 Å². The molecule has 3 rings (SSSR count). The fourth-order valence-corrected chi connectivity index (χ4v) is 3.66. The zero-order valence-corrected chi connectivity index (χ0v) is 16.8. The molecule has 150 valence electrons. The van der Waals surface area contributed by atoms with Crippen LogP contribution in [0.2, 0.25) is 0 Å². The van der Waals surface area contributed by atoms with Gasteiger partial charge < -0.3 is 19.2 Å². The van der Waals surface area contributed by atoms with E-state index >= 15 is 0 Å². The zero-order chi connectivity index (χ0) is 20.1. The first kappa shape index (κ1) is 20.2. The number of halogens is 1. The largest absolute Gasteiger partial charge is 0.494 e. The number of Topliss-reactive ketones (excluding diaryl/α,β-unsaturated/α-hetero) is 1. The predicted octanol–water partition coefficient (Wildman–Crippen LogP) is 4.96. The van der Waals surface area contributed by atoms with Crippen LogP contribution in [0.4, 0.5) is 10.1 Å². The minimum absolute atomic E-state index is 0.0199. The standard InChI is InChI=1S/C23H28FNO3/c1-4-27-20-9-10-23(22(24)14-20)25-12-11-21(15-25)28-19-7-5-18(6-8-19)16(2)13-17(3)26/h5-10,14,16,21H,4,11-13,15H2,1-3H3/t16-,21?/m1/s1. The van der Waals surface area contributed by atoms with Gasteiger partial charge in [0.15, 0.2) is 0 Å². The van der Waals surface area contributed by atoms with Gasteiger partial charge in [0.2, 0.25) is 0 Å². The van der Waals surface area contributed by atoms with Crippen LogP contribution in [-0.4, -0.2) is 31.6 Å². The van der Waals surface area contributed by atoms with Crippen molar-refractivity contribution >= 4 is 11.5 Å². The fourth-order valence-electron chi connectivity index (χ4n) is 3.66. The van der Waals surface area contributed by atoms with Gasteiger partial charge in [-0.1, -0.05) is 19.1 Å². The highest BCUT2D eigenvalue weighted by Crippen LogP contribution is 2.29. The van der Waals surface area contributed by atoms with E-state index in [2.05, 4.69) is 6.92 Å². The number of ether oxygens (including phenoxy) is 2. The molecule has 0 radical (unpaired) electrons. The summed E-state index contributed by atoms with van der Waals surface area (Å²) in [5.74, 6) is 1.49. The minimum atomic E-state index is -0.268. The summed E-state index contributed by atoms with van der Waals surface area (Å²) in [7, 11) is 0. The molecule has 0 N–H and O–H groups in total. The predicted molar refractivity (Wildman–Crippen MR) is 109 cm³/mol. The van der Waals surface area contributed by atoms with E-state index in [4.69, 9.17) is 9.47 Å². The monoisotopic (exact) mass is 385 g/mol. The van der Waals surface area contributed by atoms with Crippen molar-refractivity contribution in [3.05, 3.63) is 53.8 Å². The molecule has 2 aromatic rings. The molecule has 5 heteroatoms. The summed E-state index contributed by atoms with van der Waals surface area (Å²) in [5, 5.41) is 0. The first-order chi connectivity index (χ1) is 13.5. The average Bonchev–Trinajstić information content (AvgIpc) is 3.10. The molecule has 1 fully saturated rings. The number of anilines is 1. The van der Waals surface area contributed by atoms with Crippen LogP contribution in [-0.2, 0) is 4.79 Å². The Morgan fingerprint density at radius 2 is 1.93 bits per heavy atom. The number of ketones is 1. The lowest BCUT2D eigenvalue weighted by Gasteiger charge is -2.20. The Hall–Kier alpha value is -2.56. The van der Waals surface area contributed by atoms with Crippen molar-refractivity contribution in [1.82, 2.24) is 0 Å². The third kappa shape index (κ3) is 5.03. The number of rotatable bonds is 8. The second kappa shape index (κ2) is 9.09. The van der Waals surface area contributed by atoms with Crippen LogP contribution in [0.15, 0.2) is 42.5 Å². The van der Waals surface area contributed by atoms with Crippen molar-refractivity contribution in [2.45, 2.75) is 45.6 Å². The lowest BCUT2D eigenvalue weighted by molar-refractivity contribution is -0.117. The molecule has 1 heterocycles. The highest BCUT2D eigenvalue weighted by atomic mass is 19.1. The van der Waals surface area contributed by atoms with Crippen molar-refractivity contribution in [2.24, 2.45) is 0 Å². The Balaban J connectivity index is 1.58. The van der Waals surface area contributed by atoms with Gasteiger partial charge in [-0.3, -0.25) is 0 Å². The first-order valence-corrected chi connectivity index (χ1v) is 9.89. The molecule has 28 heavy (non-hydrogen) atoms. The average molecular weight is 385 g/mol. The maximum Gasteiger partial charge on any atom is 0.150 e. The minimum Gasteiger partial charge on any atom is -0.494 e. The highest BCUT2D eigenvalue weighted by Gasteiger charge is 2.26. The van der Waals surface area contributed by atoms with Crippen LogP contribution in [0.5, 0.6) is 11.5 Å². The van der Waals surface area contributed by atoms with E-state index in [1.165, 1.54) is 6.07 Å². The van der Waals surface area contributed by atoms with Crippen molar-refractivity contribution in [2.75, 3.05) is 24.6 Å². The topological polar surface area (TPSA) is 38.8 Å². The quantitative estimate of drug-likeness (QED) is 0.643. The Morgan fingerprint density at radius 1 is 1.21 bits per heavy atom. The summed E-state index contributed by atoms with van der Waals surface area (Å²) in [6.45, 7) is 7.47. The van der Waals surface area contributed by atoms with E-state index in [9.17, 15) is 9.18 Å². The number of carbonyl (C=O) groups excluding carboxylic acids is 1. The normalized spacial score (nSPS) is 17.4. The smallest absolute Gasteiger partial charge is 0.150 e. The molecule has 0 bridgehead atoms. The van der Waals surface area contributed by atoms with Gasteiger partial charge in [-0.2, -0.15) is 0 Å². The second-order valence-electron chi connectivity index (χ2n) is 7.40. The van der Waals surface area contributed by atoms with Gasteiger partial charge in [0, 0.05) is 25.5 Å². The van der Waals surface area contributed by atoms with Gasteiger partial charge in [-0.15, -0.1) is 0 Å². The van der Waals surface area contributed by atoms with E-state index in [0.29, 0.717) is 31.0 Å². The lowest BCUT2D eigenvalue weighted by Crippen LogP contribution is -2.25. The van der Waals surface area contributed by atoms with E-state index in [0.717, 1.165) is 24.3 Å². The van der Waals surface area contributed by atoms with Crippen LogP contribution >= 0.6 is 0 Å². The Morgan fingerprint density at radius 3 is 2.57 bits per heavy atom. The third-order valence-electron chi connectivity index (χ3n) is 5.06. The van der Waals surface area contributed by atoms with E-state index in [1.807, 2.05) is 36.1 Å². The molecule has 1 aliphatic rings. The van der Waals surface area contributed by atoms with Crippen LogP contribution in [0.1, 0.15) is 45.1 Å². The first-order valence-electron chi connectivity index (χ1n) is 9.89. The summed E-state index contributed by atoms with van der Waals surface area (Å²) < 4.78 is 25.8. The fraction of sp³-hybridized carbons (Fsp3) is 0.435. The molecule has 1 saturated heterocycles. The molecule has 1 unspecified atom stereocenters. The summed E-state index contributed by atoms with van der Waals surface area (Å²) >= 11 is 0. The maximum absolute atomic E-state index is 14.4. The van der Waals surface area contributed by atoms with Crippen molar-refractivity contribution in [1.29, 1.82) is 0 Å². The van der Waals surface area contributed by atoms with Gasteiger partial charge in [0.1, 0.15) is 29.2 Å². The molecule has 0 saturated carbocycles. The molecular weight excluding hydrogens is 357 g/mol. The van der Waals surface area contributed by atoms with Crippen LogP contribution in [0.3, 0.4) is 0 Å². The third-order valence-corrected chi connectivity index (χ3v) is 5.06. The molecule has 2 atom stereocenters. The Kier molecular flexibility index (Phi) is 6.55. The van der Waals surface area contributed by atoms with Crippen LogP contribution < -0.4 is 14.4 Å². The van der Waals surface area contributed by atoms with Gasteiger partial charge in [-0.25, -0.2) is 4.39 Å². The molecular formula is C23H28FNO3. The highest BCUT2D eigenvalue weighted by molar-refractivity contribution is 5.76. The zero-order valence-electron chi connectivity index (χ0n) is 16.8. The molecule has 1 aliphatic heterocycles. The molecule has 0 spiro atoms. The molecule has 0 amide bonds. The summed E-state index contributed by atoms with van der Waals surface area (Å²) in [6.07, 6.45) is 1.41. The van der Waals surface area contributed by atoms with Crippen molar-refractivity contribution < 1.29 is 18.7 Å². The summed E-state index contributed by atoms with van der Waals surface area (Å²) in [5.41, 5.74) is 1.72. The van der Waals surface area contributed by atoms with Crippen molar-refractivity contribution in [3.8, 4) is 11.5 Å². The SMILES string of the molecule is CCOc1ccc(N2CCC(Oc3ccc([C@H](C)CC(C)=O)cc3)C2)c(F)c1. The summed E-state index contributed by atoms with van der Waals surface area (Å²) in [6, 6.07) is 12.9. The molecule has 2 aromatic carbocycles. The molecule has 0 aromatic heterocycles. The maximum atomic E-state index is 14.4. The van der Waals surface area contributed by atoms with Gasteiger partial charge in [-0.05, 0) is 49.6 Å². The van der Waals surface area contributed by atoms with Gasteiger partial charge in [0.05, 0.1) is 18.8 Å². The number of benzene rings is 2. The van der Waals surface area contributed by atoms with E-state index in [1.54, 1.807) is 19.1 Å². The van der Waals surface area contributed by atoms with Crippen LogP contribution in [0.25, 0.3) is 0 Å². The molecule has 0 aliphatic carbocycles. The van der Waals surface area contributed by atoms with Crippen molar-refractivity contribution in [3.63, 3.8) is 0 Å². The molecule has 4 nitrogen and oxygen atoms in total. The lowest BCUT2D eigenvalue weighted by atomic mass is 9.96. The summed E-state index contributed by atoms with van der Waals surface area (Å²) in [4.78, 5) is 13.3. The van der Waals surface area contributed by atoms with Gasteiger partial charge >= 0.3 is 0 Å².